The van der Waals surface area contributed by atoms with Crippen LogP contribution in [0.5, 0.6) is 0 Å². The number of anilines is 2. The van der Waals surface area contributed by atoms with E-state index in [2.05, 4.69) is 120 Å². The van der Waals surface area contributed by atoms with Crippen LogP contribution >= 0.6 is 0 Å². The molecule has 4 aromatic carbocycles. The van der Waals surface area contributed by atoms with Gasteiger partial charge in [0, 0.05) is 28.9 Å². The van der Waals surface area contributed by atoms with Gasteiger partial charge in [-0.25, -0.2) is 0 Å². The van der Waals surface area contributed by atoms with Crippen molar-refractivity contribution in [1.29, 1.82) is 5.26 Å². The van der Waals surface area contributed by atoms with E-state index >= 15 is 0 Å². The van der Waals surface area contributed by atoms with Crippen LogP contribution in [0.25, 0.3) is 17.7 Å². The third kappa shape index (κ3) is 4.57. The lowest BCUT2D eigenvalue weighted by molar-refractivity contribution is 0.642. The first-order valence-corrected chi connectivity index (χ1v) is 13.7. The Hall–Kier alpha value is -4.35. The molecular weight excluding hydrogens is 460 g/mol. The number of allylic oxidation sites excluding steroid dienone is 1. The van der Waals surface area contributed by atoms with Crippen LogP contribution in [0.15, 0.2) is 109 Å². The topological polar surface area (TPSA) is 27.0 Å². The van der Waals surface area contributed by atoms with E-state index in [1.165, 1.54) is 58.5 Å². The monoisotopic (exact) mass is 492 g/mol. The highest BCUT2D eigenvalue weighted by molar-refractivity contribution is 5.91. The number of nitriles is 1. The Morgan fingerprint density at radius 1 is 0.816 bits per heavy atom. The van der Waals surface area contributed by atoms with Crippen molar-refractivity contribution < 1.29 is 0 Å². The summed E-state index contributed by atoms with van der Waals surface area (Å²) < 4.78 is 0. The van der Waals surface area contributed by atoms with Gasteiger partial charge in [-0.2, -0.15) is 5.26 Å². The van der Waals surface area contributed by atoms with Crippen LogP contribution in [0.4, 0.5) is 11.4 Å². The number of fused-ring (bicyclic) bond motifs is 3. The van der Waals surface area contributed by atoms with E-state index in [1.54, 1.807) is 0 Å². The van der Waals surface area contributed by atoms with E-state index in [9.17, 15) is 5.26 Å². The van der Waals surface area contributed by atoms with E-state index in [0.29, 0.717) is 12.0 Å². The zero-order chi connectivity index (χ0) is 25.9. The highest BCUT2D eigenvalue weighted by Crippen LogP contribution is 2.52. The number of hydrogen-bond donors (Lipinski definition) is 0. The fourth-order valence-electron chi connectivity index (χ4n) is 6.18. The van der Waals surface area contributed by atoms with E-state index in [4.69, 9.17) is 0 Å². The molecule has 0 N–H and O–H groups in total. The van der Waals surface area contributed by atoms with Gasteiger partial charge >= 0.3 is 0 Å². The van der Waals surface area contributed by atoms with Gasteiger partial charge in [-0.3, -0.25) is 0 Å². The highest BCUT2D eigenvalue weighted by Gasteiger charge is 2.42. The van der Waals surface area contributed by atoms with Gasteiger partial charge in [-0.1, -0.05) is 92.2 Å². The minimum absolute atomic E-state index is 0.511. The van der Waals surface area contributed by atoms with Crippen LogP contribution in [-0.4, -0.2) is 6.04 Å². The molecule has 0 aromatic heterocycles. The maximum Gasteiger partial charge on any atom is 0.0947 e. The van der Waals surface area contributed by atoms with Crippen LogP contribution in [0.3, 0.4) is 0 Å². The molecule has 4 aromatic rings. The summed E-state index contributed by atoms with van der Waals surface area (Å²) in [6, 6.07) is 39.9. The van der Waals surface area contributed by atoms with Gasteiger partial charge in [-0.15, -0.1) is 0 Å². The van der Waals surface area contributed by atoms with Crippen molar-refractivity contribution in [3.63, 3.8) is 0 Å². The quantitative estimate of drug-likeness (QED) is 0.198. The summed E-state index contributed by atoms with van der Waals surface area (Å²) >= 11 is 0. The third-order valence-corrected chi connectivity index (χ3v) is 8.04. The van der Waals surface area contributed by atoms with Gasteiger partial charge in [0.05, 0.1) is 6.07 Å². The van der Waals surface area contributed by atoms with Crippen molar-refractivity contribution in [2.75, 3.05) is 4.90 Å². The SMILES string of the molecule is CC/C(C#N)=C/c1ccc2c(c1)C1CCCC1N2c1ccc(C=C(c2ccccc2)c2ccccc2)cc1. The summed E-state index contributed by atoms with van der Waals surface area (Å²) in [5.74, 6) is 0.563. The predicted octanol–water partition coefficient (Wildman–Crippen LogP) is 9.38. The molecule has 186 valence electrons. The average Bonchev–Trinajstić information content (AvgIpc) is 3.57. The van der Waals surface area contributed by atoms with Gasteiger partial charge in [-0.05, 0) is 89.1 Å². The molecule has 1 saturated carbocycles. The molecule has 0 amide bonds. The zero-order valence-corrected chi connectivity index (χ0v) is 21.8. The molecule has 2 aliphatic rings. The Balaban J connectivity index is 1.35. The molecule has 2 unspecified atom stereocenters. The minimum Gasteiger partial charge on any atom is -0.338 e. The molecule has 0 radical (unpaired) electrons. The Kier molecular flexibility index (Phi) is 6.67. The summed E-state index contributed by atoms with van der Waals surface area (Å²) in [4.78, 5) is 2.56. The summed E-state index contributed by atoms with van der Waals surface area (Å²) in [6.07, 6.45) is 8.83. The molecular formula is C36H32N2. The van der Waals surface area contributed by atoms with E-state index in [0.717, 1.165) is 17.6 Å². The van der Waals surface area contributed by atoms with Crippen LogP contribution in [0, 0.1) is 11.3 Å². The highest BCUT2D eigenvalue weighted by atomic mass is 15.2. The molecule has 2 atom stereocenters. The Bertz CT molecular complexity index is 1480. The summed E-state index contributed by atoms with van der Waals surface area (Å²) in [5.41, 5.74) is 10.9. The van der Waals surface area contributed by atoms with Crippen LogP contribution in [0.2, 0.25) is 0 Å². The zero-order valence-electron chi connectivity index (χ0n) is 21.8. The smallest absolute Gasteiger partial charge is 0.0947 e. The first-order valence-electron chi connectivity index (χ1n) is 13.7. The minimum atomic E-state index is 0.511. The van der Waals surface area contributed by atoms with Crippen LogP contribution in [0.1, 0.15) is 66.3 Å². The predicted molar refractivity (Wildman–Crippen MR) is 159 cm³/mol. The lowest BCUT2D eigenvalue weighted by atomic mass is 9.95. The molecule has 1 aliphatic carbocycles. The van der Waals surface area contributed by atoms with Crippen LogP contribution < -0.4 is 4.90 Å². The van der Waals surface area contributed by atoms with Gasteiger partial charge in [0.15, 0.2) is 0 Å². The summed E-state index contributed by atoms with van der Waals surface area (Å²) in [6.45, 7) is 2.04. The van der Waals surface area contributed by atoms with E-state index < -0.39 is 0 Å². The molecule has 0 bridgehead atoms. The summed E-state index contributed by atoms with van der Waals surface area (Å²) in [7, 11) is 0. The number of rotatable bonds is 6. The van der Waals surface area contributed by atoms with Gasteiger partial charge < -0.3 is 4.90 Å². The molecule has 1 aliphatic heterocycles. The molecule has 2 heteroatoms. The number of hydrogen-bond acceptors (Lipinski definition) is 2. The van der Waals surface area contributed by atoms with Gasteiger partial charge in [0.1, 0.15) is 0 Å². The molecule has 38 heavy (non-hydrogen) atoms. The fraction of sp³-hybridized carbons (Fsp3) is 0.194. The van der Waals surface area contributed by atoms with E-state index in [-0.39, 0.29) is 0 Å². The maximum absolute atomic E-state index is 9.40. The Morgan fingerprint density at radius 3 is 2.11 bits per heavy atom. The fourth-order valence-corrected chi connectivity index (χ4v) is 6.18. The molecule has 0 spiro atoms. The first kappa shape index (κ1) is 24.0. The standard InChI is InChI=1S/C36H32N2/c1-2-26(25-37)22-28-18-21-36-34(24-28)32-14-9-15-35(32)38(36)31-19-16-27(17-20-31)23-33(29-10-5-3-6-11-29)30-12-7-4-8-13-30/h3-8,10-13,16-24,32,35H,2,9,14-15H2,1H3/b26-22-. The molecule has 0 saturated heterocycles. The molecule has 1 fully saturated rings. The molecule has 2 nitrogen and oxygen atoms in total. The molecule has 1 heterocycles. The number of nitrogens with zero attached hydrogens (tertiary/aromatic N) is 2. The van der Waals surface area contributed by atoms with Crippen molar-refractivity contribution in [2.24, 2.45) is 0 Å². The largest absolute Gasteiger partial charge is 0.338 e. The second-order valence-corrected chi connectivity index (χ2v) is 10.3. The van der Waals surface area contributed by atoms with Gasteiger partial charge in [0.2, 0.25) is 0 Å². The third-order valence-electron chi connectivity index (χ3n) is 8.04. The first-order chi connectivity index (χ1) is 18.7. The summed E-state index contributed by atoms with van der Waals surface area (Å²) in [5, 5.41) is 9.40. The second kappa shape index (κ2) is 10.6. The van der Waals surface area contributed by atoms with Crippen molar-refractivity contribution in [2.45, 2.75) is 44.6 Å². The normalized spacial score (nSPS) is 18.0. The Labute approximate surface area is 226 Å². The Morgan fingerprint density at radius 2 is 1.47 bits per heavy atom. The second-order valence-electron chi connectivity index (χ2n) is 10.3. The average molecular weight is 493 g/mol. The lowest BCUT2D eigenvalue weighted by Crippen LogP contribution is -2.26. The van der Waals surface area contributed by atoms with E-state index in [1.807, 2.05) is 13.0 Å². The van der Waals surface area contributed by atoms with Crippen LogP contribution in [-0.2, 0) is 0 Å². The van der Waals surface area contributed by atoms with Crippen molar-refractivity contribution in [1.82, 2.24) is 0 Å². The lowest BCUT2D eigenvalue weighted by Gasteiger charge is -2.27. The maximum atomic E-state index is 9.40. The number of benzene rings is 4. The van der Waals surface area contributed by atoms with Crippen molar-refractivity contribution in [3.05, 3.63) is 137 Å². The van der Waals surface area contributed by atoms with Crippen molar-refractivity contribution in [3.8, 4) is 6.07 Å². The molecule has 6 rings (SSSR count). The van der Waals surface area contributed by atoms with Gasteiger partial charge in [0.25, 0.3) is 0 Å². The van der Waals surface area contributed by atoms with Crippen molar-refractivity contribution >= 4 is 29.1 Å².